The maximum absolute atomic E-state index is 3.66. The molecule has 0 heterocycles. The van der Waals surface area contributed by atoms with Gasteiger partial charge in [-0.25, -0.2) is 0 Å². The predicted octanol–water partition coefficient (Wildman–Crippen LogP) is 0.944. The van der Waals surface area contributed by atoms with E-state index < -0.39 is 0 Å². The van der Waals surface area contributed by atoms with Crippen molar-refractivity contribution < 1.29 is 0 Å². The lowest BCUT2D eigenvalue weighted by Crippen LogP contribution is -2.09. The highest BCUT2D eigenvalue weighted by Gasteiger charge is 1.82. The van der Waals surface area contributed by atoms with E-state index in [4.69, 9.17) is 0 Å². The molecule has 2 heteroatoms. The molecule has 0 unspecified atom stereocenters. The Kier molecular flexibility index (Phi) is 3.38. The lowest BCUT2D eigenvalue weighted by Gasteiger charge is -2.07. The molecule has 0 radical (unpaired) electrons. The van der Waals surface area contributed by atoms with E-state index in [0.717, 1.165) is 13.0 Å². The molecular weight excluding hydrogens is 88.1 g/mol. The van der Waals surface area contributed by atoms with Crippen LogP contribution >= 0.6 is 0 Å². The lowest BCUT2D eigenvalue weighted by atomic mass is 10.5. The summed E-state index contributed by atoms with van der Waals surface area (Å²) in [6.45, 7) is 6.47. The number of hydrogen-bond donors (Lipinski definition) is 0. The van der Waals surface area contributed by atoms with E-state index in [1.165, 1.54) is 0 Å². The summed E-state index contributed by atoms with van der Waals surface area (Å²) >= 11 is 0. The smallest absolute Gasteiger partial charge is 0.0354 e. The zero-order valence-corrected chi connectivity index (χ0v) is 5.02. The Bertz CT molecular complexity index is 52.0. The van der Waals surface area contributed by atoms with Crippen LogP contribution in [0.25, 0.3) is 0 Å². The minimum Gasteiger partial charge on any atom is -0.301 e. The normalized spacial score (nSPS) is 8.29. The van der Waals surface area contributed by atoms with Gasteiger partial charge in [-0.15, -0.1) is 0 Å². The van der Waals surface area contributed by atoms with Crippen LogP contribution in [-0.2, 0) is 0 Å². The topological polar surface area (TPSA) is 15.6 Å². The maximum atomic E-state index is 3.66. The van der Waals surface area contributed by atoms with Gasteiger partial charge in [-0.05, 0) is 6.42 Å². The van der Waals surface area contributed by atoms with Crippen LogP contribution in [0, 0.1) is 0 Å². The molecule has 0 fully saturated rings. The number of hydrazone groups is 1. The summed E-state index contributed by atoms with van der Waals surface area (Å²) in [4.78, 5) is 0. The van der Waals surface area contributed by atoms with Crippen molar-refractivity contribution in [2.24, 2.45) is 5.10 Å². The summed E-state index contributed by atoms with van der Waals surface area (Å²) in [5, 5.41) is 5.48. The van der Waals surface area contributed by atoms with E-state index >= 15 is 0 Å². The van der Waals surface area contributed by atoms with Gasteiger partial charge in [0.2, 0.25) is 0 Å². The van der Waals surface area contributed by atoms with Crippen molar-refractivity contribution in [2.45, 2.75) is 13.3 Å². The summed E-state index contributed by atoms with van der Waals surface area (Å²) in [5.41, 5.74) is 0. The first kappa shape index (κ1) is 6.47. The summed E-state index contributed by atoms with van der Waals surface area (Å²) in [6.07, 6.45) is 1.13. The fourth-order valence-corrected chi connectivity index (χ4v) is 0.394. The second kappa shape index (κ2) is 3.65. The molecule has 2 nitrogen and oxygen atoms in total. The molecule has 0 aliphatic rings. The van der Waals surface area contributed by atoms with Crippen LogP contribution in [-0.4, -0.2) is 25.3 Å². The third-order valence-electron chi connectivity index (χ3n) is 0.789. The van der Waals surface area contributed by atoms with E-state index in [-0.39, 0.29) is 0 Å². The highest BCUT2D eigenvalue weighted by atomic mass is 15.4. The molecule has 0 N–H and O–H groups in total. The van der Waals surface area contributed by atoms with Gasteiger partial charge in [-0.3, -0.25) is 0 Å². The fraction of sp³-hybridized carbons (Fsp3) is 0.800. The molecule has 42 valence electrons. The van der Waals surface area contributed by atoms with E-state index in [0.29, 0.717) is 0 Å². The third kappa shape index (κ3) is 3.30. The van der Waals surface area contributed by atoms with Crippen LogP contribution in [0.2, 0.25) is 0 Å². The molecule has 0 aromatic heterocycles. The highest BCUT2D eigenvalue weighted by molar-refractivity contribution is 5.22. The highest BCUT2D eigenvalue weighted by Crippen LogP contribution is 1.82. The first-order chi connectivity index (χ1) is 3.31. The summed E-state index contributed by atoms with van der Waals surface area (Å²) in [7, 11) is 1.91. The summed E-state index contributed by atoms with van der Waals surface area (Å²) in [6, 6.07) is 0. The maximum Gasteiger partial charge on any atom is 0.0354 e. The summed E-state index contributed by atoms with van der Waals surface area (Å²) in [5.74, 6) is 0. The second-order valence-corrected chi connectivity index (χ2v) is 1.52. The van der Waals surface area contributed by atoms with E-state index in [1.807, 2.05) is 12.1 Å². The Balaban J connectivity index is 2.98. The molecule has 0 saturated heterocycles. The van der Waals surface area contributed by atoms with Crippen molar-refractivity contribution in [1.82, 2.24) is 5.01 Å². The zero-order chi connectivity index (χ0) is 5.70. The van der Waals surface area contributed by atoms with Crippen molar-refractivity contribution in [1.29, 1.82) is 0 Å². The quantitative estimate of drug-likeness (QED) is 0.380. The molecule has 7 heavy (non-hydrogen) atoms. The van der Waals surface area contributed by atoms with Crippen molar-refractivity contribution in [3.05, 3.63) is 0 Å². The molecule has 0 spiro atoms. The zero-order valence-electron chi connectivity index (χ0n) is 5.02. The molecular formula is C5H12N2. The fourth-order valence-electron chi connectivity index (χ4n) is 0.394. The third-order valence-corrected chi connectivity index (χ3v) is 0.789. The lowest BCUT2D eigenvalue weighted by molar-refractivity contribution is 0.358. The van der Waals surface area contributed by atoms with Gasteiger partial charge in [0.25, 0.3) is 0 Å². The average molecular weight is 100 g/mol. The molecule has 0 rings (SSSR count). The monoisotopic (exact) mass is 100 g/mol. The molecule has 0 saturated carbocycles. The first-order valence-electron chi connectivity index (χ1n) is 2.49. The molecule has 0 aliphatic carbocycles. The molecule has 0 aliphatic heterocycles. The number of rotatable bonds is 3. The van der Waals surface area contributed by atoms with Crippen LogP contribution in [0.15, 0.2) is 5.10 Å². The Hall–Kier alpha value is -0.530. The standard InChI is InChI=1S/C5H12N2/c1-4-5-7(3)6-2/h2,4-5H2,1,3H3. The molecule has 0 atom stereocenters. The van der Waals surface area contributed by atoms with Crippen LogP contribution in [0.3, 0.4) is 0 Å². The van der Waals surface area contributed by atoms with Gasteiger partial charge in [-0.2, -0.15) is 5.10 Å². The molecule has 0 aromatic carbocycles. The molecule has 0 aromatic rings. The Morgan fingerprint density at radius 1 is 1.71 bits per heavy atom. The van der Waals surface area contributed by atoms with Gasteiger partial charge in [0.1, 0.15) is 0 Å². The van der Waals surface area contributed by atoms with Crippen LogP contribution < -0.4 is 0 Å². The molecule has 0 amide bonds. The average Bonchev–Trinajstić information content (AvgIpc) is 1.68. The second-order valence-electron chi connectivity index (χ2n) is 1.52. The van der Waals surface area contributed by atoms with Gasteiger partial charge >= 0.3 is 0 Å². The number of hydrogen-bond acceptors (Lipinski definition) is 2. The minimum absolute atomic E-state index is 1.00. The Labute approximate surface area is 44.8 Å². The number of nitrogens with zero attached hydrogens (tertiary/aromatic N) is 2. The largest absolute Gasteiger partial charge is 0.301 e. The predicted molar refractivity (Wildman–Crippen MR) is 32.5 cm³/mol. The SMILES string of the molecule is C=NN(C)CCC. The van der Waals surface area contributed by atoms with Gasteiger partial charge < -0.3 is 5.01 Å². The van der Waals surface area contributed by atoms with Crippen LogP contribution in [0.4, 0.5) is 0 Å². The first-order valence-corrected chi connectivity index (χ1v) is 2.49. The Morgan fingerprint density at radius 3 is 2.43 bits per heavy atom. The summed E-state index contributed by atoms with van der Waals surface area (Å²) < 4.78 is 0. The van der Waals surface area contributed by atoms with Gasteiger partial charge in [0, 0.05) is 20.3 Å². The van der Waals surface area contributed by atoms with Gasteiger partial charge in [-0.1, -0.05) is 6.92 Å². The van der Waals surface area contributed by atoms with Crippen molar-refractivity contribution in [3.8, 4) is 0 Å². The van der Waals surface area contributed by atoms with Crippen molar-refractivity contribution >= 4 is 6.72 Å². The van der Waals surface area contributed by atoms with Crippen LogP contribution in [0.1, 0.15) is 13.3 Å². The van der Waals surface area contributed by atoms with Gasteiger partial charge in [0.15, 0.2) is 0 Å². The van der Waals surface area contributed by atoms with E-state index in [1.54, 1.807) is 0 Å². The van der Waals surface area contributed by atoms with Gasteiger partial charge in [0.05, 0.1) is 0 Å². The van der Waals surface area contributed by atoms with Crippen LogP contribution in [0.5, 0.6) is 0 Å². The van der Waals surface area contributed by atoms with Crippen molar-refractivity contribution in [3.63, 3.8) is 0 Å². The van der Waals surface area contributed by atoms with Crippen molar-refractivity contribution in [2.75, 3.05) is 13.6 Å². The van der Waals surface area contributed by atoms with E-state index in [9.17, 15) is 0 Å². The Morgan fingerprint density at radius 2 is 2.29 bits per heavy atom. The van der Waals surface area contributed by atoms with E-state index in [2.05, 4.69) is 18.7 Å². The molecule has 0 bridgehead atoms. The minimum atomic E-state index is 1.00.